The van der Waals surface area contributed by atoms with Crippen LogP contribution in [0.5, 0.6) is 5.75 Å². The molecule has 0 aromatic heterocycles. The monoisotopic (exact) mass is 503 g/mol. The van der Waals surface area contributed by atoms with E-state index in [2.05, 4.69) is 11.4 Å². The summed E-state index contributed by atoms with van der Waals surface area (Å²) in [6.45, 7) is 1.85. The van der Waals surface area contributed by atoms with E-state index in [-0.39, 0.29) is 30.1 Å². The van der Waals surface area contributed by atoms with E-state index in [4.69, 9.17) is 15.7 Å². The smallest absolute Gasteiger partial charge is 0.404 e. The first-order valence-electron chi connectivity index (χ1n) is 11.3. The van der Waals surface area contributed by atoms with E-state index in [9.17, 15) is 23.4 Å². The van der Waals surface area contributed by atoms with Gasteiger partial charge in [-0.3, -0.25) is 0 Å². The molecule has 0 fully saturated rings. The summed E-state index contributed by atoms with van der Waals surface area (Å²) in [7, 11) is -2.92. The maximum absolute atomic E-state index is 13.9. The number of aliphatic hydroxyl groups excluding tert-OH is 1. The normalized spacial score (nSPS) is 15.7. The van der Waals surface area contributed by atoms with Crippen LogP contribution in [0, 0.1) is 17.2 Å². The number of methoxy groups -OCH3 is 1. The van der Waals surface area contributed by atoms with E-state index in [0.717, 1.165) is 0 Å². The number of nitriles is 1. The van der Waals surface area contributed by atoms with Crippen molar-refractivity contribution in [2.45, 2.75) is 60.9 Å². The van der Waals surface area contributed by atoms with Gasteiger partial charge in [-0.2, -0.15) is 5.26 Å². The molecule has 0 spiro atoms. The Hall–Kier alpha value is -3.13. The Morgan fingerprint density at radius 1 is 1.20 bits per heavy atom. The number of aliphatic hydroxyl groups is 1. The molecule has 0 bridgehead atoms. The molecule has 0 aliphatic heterocycles. The van der Waals surface area contributed by atoms with E-state index in [1.54, 1.807) is 30.3 Å². The average molecular weight is 504 g/mol. The first-order chi connectivity index (χ1) is 16.6. The van der Waals surface area contributed by atoms with E-state index in [1.807, 2.05) is 6.92 Å². The largest absolute Gasteiger partial charge is 0.497 e. The number of carbonyl (C=O) groups is 1. The van der Waals surface area contributed by atoms with Crippen LogP contribution >= 0.6 is 0 Å². The molecule has 1 amide bonds. The van der Waals surface area contributed by atoms with Gasteiger partial charge < -0.3 is 26.0 Å². The summed E-state index contributed by atoms with van der Waals surface area (Å²) >= 11 is 0. The molecule has 0 aliphatic rings. The first-order valence-corrected chi connectivity index (χ1v) is 12.8. The number of nitrogens with one attached hydrogen (secondary N) is 1. The number of hydrogen-bond acceptors (Lipinski definition) is 7. The highest BCUT2D eigenvalue weighted by molar-refractivity contribution is 7.92. The molecular formula is C25H33N3O6S. The fourth-order valence-electron chi connectivity index (χ4n) is 4.14. The van der Waals surface area contributed by atoms with Gasteiger partial charge in [0, 0.05) is 6.42 Å². The van der Waals surface area contributed by atoms with Gasteiger partial charge in [0.25, 0.3) is 0 Å². The van der Waals surface area contributed by atoms with E-state index >= 15 is 0 Å². The van der Waals surface area contributed by atoms with Crippen molar-refractivity contribution in [3.63, 3.8) is 0 Å². The molecule has 9 nitrogen and oxygen atoms in total. The van der Waals surface area contributed by atoms with Gasteiger partial charge in [0.05, 0.1) is 24.1 Å². The lowest BCUT2D eigenvalue weighted by atomic mass is 9.87. The van der Waals surface area contributed by atoms with Crippen LogP contribution in [-0.2, 0) is 16.3 Å². The van der Waals surface area contributed by atoms with Gasteiger partial charge in [-0.05, 0) is 55.0 Å². The predicted octanol–water partition coefficient (Wildman–Crippen LogP) is 3.08. The van der Waals surface area contributed by atoms with Gasteiger partial charge in [0.1, 0.15) is 11.9 Å². The minimum absolute atomic E-state index is 0.0282. The zero-order valence-electron chi connectivity index (χ0n) is 19.9. The summed E-state index contributed by atoms with van der Waals surface area (Å²) in [5, 5.41) is 32.2. The average Bonchev–Trinajstić information content (AvgIpc) is 2.85. The number of sulfone groups is 1. The highest BCUT2D eigenvalue weighted by Crippen LogP contribution is 2.35. The van der Waals surface area contributed by atoms with Crippen LogP contribution in [-0.4, -0.2) is 48.9 Å². The Balaban J connectivity index is 2.58. The highest BCUT2D eigenvalue weighted by atomic mass is 32.2. The Kier molecular flexibility index (Phi) is 10.1. The van der Waals surface area contributed by atoms with E-state index in [1.165, 1.54) is 31.4 Å². The van der Waals surface area contributed by atoms with Crippen molar-refractivity contribution in [3.05, 3.63) is 60.2 Å². The van der Waals surface area contributed by atoms with Crippen molar-refractivity contribution in [1.82, 2.24) is 5.32 Å². The minimum atomic E-state index is -4.37. The number of nitrogens with two attached hydrogens (primary N) is 1. The lowest BCUT2D eigenvalue weighted by Gasteiger charge is -2.40. The van der Waals surface area contributed by atoms with E-state index < -0.39 is 32.9 Å². The van der Waals surface area contributed by atoms with Crippen molar-refractivity contribution in [2.75, 3.05) is 7.11 Å². The molecule has 0 aliphatic carbocycles. The quantitative estimate of drug-likeness (QED) is 0.324. The zero-order chi connectivity index (χ0) is 26.1. The predicted molar refractivity (Wildman–Crippen MR) is 131 cm³/mol. The molecule has 0 saturated heterocycles. The van der Waals surface area contributed by atoms with Crippen molar-refractivity contribution in [3.8, 4) is 11.8 Å². The minimum Gasteiger partial charge on any atom is -0.497 e. The molecule has 5 N–H and O–H groups in total. The summed E-state index contributed by atoms with van der Waals surface area (Å²) in [4.78, 5) is 9.22. The van der Waals surface area contributed by atoms with Gasteiger partial charge >= 0.3 is 6.09 Å². The van der Waals surface area contributed by atoms with Crippen LogP contribution in [0.2, 0.25) is 0 Å². The summed E-state index contributed by atoms with van der Waals surface area (Å²) in [5.74, 6) is 0.159. The van der Waals surface area contributed by atoms with Crippen LogP contribution in [0.1, 0.15) is 38.2 Å². The summed E-state index contributed by atoms with van der Waals surface area (Å²) < 4.78 is 32.9. The van der Waals surface area contributed by atoms with Crippen molar-refractivity contribution < 1.29 is 28.2 Å². The fourth-order valence-corrected chi connectivity index (χ4v) is 6.01. The Morgan fingerprint density at radius 3 is 2.34 bits per heavy atom. The third-order valence-electron chi connectivity index (χ3n) is 6.21. The molecule has 10 heteroatoms. The van der Waals surface area contributed by atoms with Crippen molar-refractivity contribution in [2.24, 2.45) is 11.7 Å². The lowest BCUT2D eigenvalue weighted by molar-refractivity contribution is 0.0698. The third kappa shape index (κ3) is 6.94. The van der Waals surface area contributed by atoms with Gasteiger partial charge in [0.2, 0.25) is 0 Å². The molecule has 4 atom stereocenters. The molecule has 190 valence electrons. The fraction of sp³-hybridized carbons (Fsp3) is 0.440. The van der Waals surface area contributed by atoms with Crippen LogP contribution in [0.25, 0.3) is 0 Å². The number of ether oxygens (including phenoxy) is 1. The molecular weight excluding hydrogens is 470 g/mol. The molecule has 0 radical (unpaired) electrons. The lowest BCUT2D eigenvalue weighted by Crippen LogP contribution is -2.65. The summed E-state index contributed by atoms with van der Waals surface area (Å²) in [5.41, 5.74) is 7.32. The number of carboxylic acid groups (broad SMARTS) is 1. The first kappa shape index (κ1) is 28.1. The van der Waals surface area contributed by atoms with Gasteiger partial charge in [-0.1, -0.05) is 43.7 Å². The molecule has 0 saturated carbocycles. The van der Waals surface area contributed by atoms with E-state index in [0.29, 0.717) is 24.2 Å². The maximum atomic E-state index is 13.9. The summed E-state index contributed by atoms with van der Waals surface area (Å²) in [6.07, 6.45) is -2.21. The van der Waals surface area contributed by atoms with Crippen LogP contribution < -0.4 is 15.8 Å². The second-order valence-corrected chi connectivity index (χ2v) is 10.7. The number of rotatable bonds is 13. The second kappa shape index (κ2) is 12.5. The molecule has 1 unspecified atom stereocenters. The van der Waals surface area contributed by atoms with Crippen molar-refractivity contribution in [1.29, 1.82) is 5.26 Å². The SMILES string of the molecule is CC[C@@H](CCC#N)CC(N)([C@H](O)[C@H](Cc1ccccc1)NC(=O)O)S(=O)(=O)c1ccc(OC)cc1. The van der Waals surface area contributed by atoms with Crippen LogP contribution in [0.4, 0.5) is 4.79 Å². The molecule has 2 aromatic rings. The number of amides is 1. The Bertz CT molecular complexity index is 1100. The molecule has 2 rings (SSSR count). The topological polar surface area (TPSA) is 163 Å². The van der Waals surface area contributed by atoms with Gasteiger partial charge in [0.15, 0.2) is 14.7 Å². The van der Waals surface area contributed by atoms with Crippen molar-refractivity contribution >= 4 is 15.9 Å². The number of nitrogens with zero attached hydrogens (tertiary/aromatic N) is 1. The third-order valence-corrected chi connectivity index (χ3v) is 8.51. The second-order valence-electron chi connectivity index (χ2n) is 8.50. The standard InChI is InChI=1S/C25H33N3O6S/c1-3-18(10-7-15-26)17-25(27,35(32,33)21-13-11-20(34-2)12-14-21)23(29)22(28-24(30)31)16-19-8-5-4-6-9-19/h4-6,8-9,11-14,18,22-23,28-29H,3,7,10,16-17,27H2,1-2H3,(H,30,31)/t18-,22-,23+,25?/m0/s1. The Morgan fingerprint density at radius 2 is 1.83 bits per heavy atom. The molecule has 35 heavy (non-hydrogen) atoms. The number of hydrogen-bond donors (Lipinski definition) is 4. The van der Waals surface area contributed by atoms with Gasteiger partial charge in [-0.25, -0.2) is 13.2 Å². The Labute approximate surface area is 206 Å². The van der Waals surface area contributed by atoms with Gasteiger partial charge in [-0.15, -0.1) is 0 Å². The molecule has 0 heterocycles. The van der Waals surface area contributed by atoms with Crippen LogP contribution in [0.3, 0.4) is 0 Å². The maximum Gasteiger partial charge on any atom is 0.404 e. The zero-order valence-corrected chi connectivity index (χ0v) is 20.7. The molecule has 2 aromatic carbocycles. The van der Waals surface area contributed by atoms with Crippen LogP contribution in [0.15, 0.2) is 59.5 Å². The summed E-state index contributed by atoms with van der Waals surface area (Å²) in [6, 6.07) is 15.3. The highest BCUT2D eigenvalue weighted by Gasteiger charge is 2.51. The number of benzene rings is 2.